The molecule has 1 heteroatoms. The molecule has 0 spiro atoms. The Morgan fingerprint density at radius 1 is 1.06 bits per heavy atom. The van der Waals surface area contributed by atoms with Crippen molar-refractivity contribution < 1.29 is 0 Å². The van der Waals surface area contributed by atoms with E-state index in [1.54, 1.807) is 0 Å². The number of benzene rings is 1. The number of hydrogen-bond donors (Lipinski definition) is 1. The van der Waals surface area contributed by atoms with Crippen molar-refractivity contribution in [2.24, 2.45) is 5.92 Å². The highest BCUT2D eigenvalue weighted by Crippen LogP contribution is 2.27. The zero-order valence-electron chi connectivity index (χ0n) is 12.2. The molecule has 0 amide bonds. The first-order chi connectivity index (χ1) is 7.86. The summed E-state index contributed by atoms with van der Waals surface area (Å²) in [7, 11) is 2.02. The first-order valence-electron chi connectivity index (χ1n) is 6.61. The molecule has 1 nitrogen and oxygen atoms in total. The van der Waals surface area contributed by atoms with Crippen molar-refractivity contribution in [1.29, 1.82) is 0 Å². The maximum absolute atomic E-state index is 3.25. The van der Waals surface area contributed by atoms with Gasteiger partial charge in [0.05, 0.1) is 0 Å². The van der Waals surface area contributed by atoms with E-state index >= 15 is 0 Å². The lowest BCUT2D eigenvalue weighted by molar-refractivity contribution is 0.465. The summed E-state index contributed by atoms with van der Waals surface area (Å²) in [6.07, 6.45) is 0. The SMILES string of the molecule is CNCC(C)C(C)c1ccc(C(C)(C)C)cc1. The van der Waals surface area contributed by atoms with Crippen molar-refractivity contribution in [1.82, 2.24) is 5.32 Å². The predicted molar refractivity (Wildman–Crippen MR) is 76.6 cm³/mol. The molecule has 0 aromatic heterocycles. The molecule has 0 saturated heterocycles. The maximum atomic E-state index is 3.25. The van der Waals surface area contributed by atoms with Gasteiger partial charge in [0.15, 0.2) is 0 Å². The van der Waals surface area contributed by atoms with Crippen LogP contribution in [0.25, 0.3) is 0 Å². The zero-order valence-corrected chi connectivity index (χ0v) is 12.2. The van der Waals surface area contributed by atoms with Crippen LogP contribution >= 0.6 is 0 Å². The molecule has 0 saturated carbocycles. The molecular weight excluding hydrogens is 206 g/mol. The minimum Gasteiger partial charge on any atom is -0.319 e. The van der Waals surface area contributed by atoms with Crippen LogP contribution in [0, 0.1) is 5.92 Å². The van der Waals surface area contributed by atoms with Gasteiger partial charge in [0, 0.05) is 0 Å². The second-order valence-electron chi connectivity index (χ2n) is 6.20. The third kappa shape index (κ3) is 3.85. The van der Waals surface area contributed by atoms with Gasteiger partial charge in [0.1, 0.15) is 0 Å². The molecule has 1 N–H and O–H groups in total. The van der Waals surface area contributed by atoms with E-state index in [0.29, 0.717) is 11.8 Å². The molecule has 17 heavy (non-hydrogen) atoms. The van der Waals surface area contributed by atoms with Crippen LogP contribution in [0.2, 0.25) is 0 Å². The van der Waals surface area contributed by atoms with Crippen LogP contribution in [-0.2, 0) is 5.41 Å². The monoisotopic (exact) mass is 233 g/mol. The molecule has 2 atom stereocenters. The molecular formula is C16H27N. The standard InChI is InChI=1S/C16H27N/c1-12(11-17-6)13(2)14-7-9-15(10-8-14)16(3,4)5/h7-10,12-13,17H,11H2,1-6H3. The van der Waals surface area contributed by atoms with Crippen molar-refractivity contribution >= 4 is 0 Å². The first-order valence-corrected chi connectivity index (χ1v) is 6.61. The van der Waals surface area contributed by atoms with Crippen molar-refractivity contribution in [3.05, 3.63) is 35.4 Å². The van der Waals surface area contributed by atoms with Crippen molar-refractivity contribution in [2.45, 2.75) is 46.0 Å². The van der Waals surface area contributed by atoms with Gasteiger partial charge in [-0.15, -0.1) is 0 Å². The van der Waals surface area contributed by atoms with Gasteiger partial charge in [-0.2, -0.15) is 0 Å². The minimum atomic E-state index is 0.248. The molecule has 0 bridgehead atoms. The highest BCUT2D eigenvalue weighted by molar-refractivity contribution is 5.29. The molecule has 1 aromatic rings. The summed E-state index contributed by atoms with van der Waals surface area (Å²) in [5.41, 5.74) is 3.11. The van der Waals surface area contributed by atoms with Crippen LogP contribution in [-0.4, -0.2) is 13.6 Å². The lowest BCUT2D eigenvalue weighted by Gasteiger charge is -2.23. The fourth-order valence-corrected chi connectivity index (χ4v) is 2.11. The van der Waals surface area contributed by atoms with Crippen molar-refractivity contribution in [3.63, 3.8) is 0 Å². The Labute approximate surface area is 107 Å². The maximum Gasteiger partial charge on any atom is -0.00204 e. The average Bonchev–Trinajstić information content (AvgIpc) is 2.27. The molecule has 0 heterocycles. The van der Waals surface area contributed by atoms with E-state index < -0.39 is 0 Å². The molecule has 2 unspecified atom stereocenters. The van der Waals surface area contributed by atoms with Gasteiger partial charge in [-0.1, -0.05) is 58.9 Å². The topological polar surface area (TPSA) is 12.0 Å². The van der Waals surface area contributed by atoms with Gasteiger partial charge in [0.25, 0.3) is 0 Å². The third-order valence-electron chi connectivity index (χ3n) is 3.68. The molecule has 0 aliphatic carbocycles. The fraction of sp³-hybridized carbons (Fsp3) is 0.625. The number of rotatable bonds is 4. The first kappa shape index (κ1) is 14.2. The van der Waals surface area contributed by atoms with E-state index in [2.05, 4.69) is 64.2 Å². The smallest absolute Gasteiger partial charge is 0.00204 e. The van der Waals surface area contributed by atoms with Crippen LogP contribution < -0.4 is 5.32 Å². The number of hydrogen-bond acceptors (Lipinski definition) is 1. The Morgan fingerprint density at radius 2 is 1.59 bits per heavy atom. The summed E-state index contributed by atoms with van der Waals surface area (Å²) in [4.78, 5) is 0. The van der Waals surface area contributed by atoms with Gasteiger partial charge in [-0.25, -0.2) is 0 Å². The summed E-state index contributed by atoms with van der Waals surface area (Å²) in [5.74, 6) is 1.27. The van der Waals surface area contributed by atoms with Gasteiger partial charge in [-0.3, -0.25) is 0 Å². The summed E-state index contributed by atoms with van der Waals surface area (Å²) >= 11 is 0. The van der Waals surface area contributed by atoms with Gasteiger partial charge in [-0.05, 0) is 42.0 Å². The Kier molecular flexibility index (Phi) is 4.76. The van der Waals surface area contributed by atoms with E-state index in [9.17, 15) is 0 Å². The van der Waals surface area contributed by atoms with Crippen molar-refractivity contribution in [3.8, 4) is 0 Å². The number of nitrogens with one attached hydrogen (secondary N) is 1. The van der Waals surface area contributed by atoms with E-state index in [-0.39, 0.29) is 5.41 Å². The summed E-state index contributed by atoms with van der Waals surface area (Å²) in [5, 5.41) is 3.25. The lowest BCUT2D eigenvalue weighted by Crippen LogP contribution is -2.21. The second-order valence-corrected chi connectivity index (χ2v) is 6.20. The molecule has 96 valence electrons. The zero-order chi connectivity index (χ0) is 13.1. The Balaban J connectivity index is 2.80. The molecule has 1 rings (SSSR count). The minimum absolute atomic E-state index is 0.248. The molecule has 0 aliphatic rings. The summed E-state index contributed by atoms with van der Waals surface area (Å²) in [6, 6.07) is 9.13. The van der Waals surface area contributed by atoms with Crippen LogP contribution in [0.5, 0.6) is 0 Å². The van der Waals surface area contributed by atoms with Crippen LogP contribution in [0.3, 0.4) is 0 Å². The molecule has 0 radical (unpaired) electrons. The van der Waals surface area contributed by atoms with E-state index in [1.807, 2.05) is 7.05 Å². The Morgan fingerprint density at radius 3 is 2.00 bits per heavy atom. The van der Waals surface area contributed by atoms with Crippen LogP contribution in [0.4, 0.5) is 0 Å². The quantitative estimate of drug-likeness (QED) is 0.830. The highest BCUT2D eigenvalue weighted by atomic mass is 14.8. The van der Waals surface area contributed by atoms with E-state index in [4.69, 9.17) is 0 Å². The van der Waals surface area contributed by atoms with Crippen LogP contribution in [0.15, 0.2) is 24.3 Å². The van der Waals surface area contributed by atoms with Gasteiger partial charge >= 0.3 is 0 Å². The Hall–Kier alpha value is -0.820. The third-order valence-corrected chi connectivity index (χ3v) is 3.68. The van der Waals surface area contributed by atoms with Crippen molar-refractivity contribution in [2.75, 3.05) is 13.6 Å². The molecule has 1 aromatic carbocycles. The predicted octanol–water partition coefficient (Wildman–Crippen LogP) is 3.94. The summed E-state index contributed by atoms with van der Waals surface area (Å²) in [6.45, 7) is 12.5. The summed E-state index contributed by atoms with van der Waals surface area (Å²) < 4.78 is 0. The van der Waals surface area contributed by atoms with Gasteiger partial charge in [0.2, 0.25) is 0 Å². The van der Waals surface area contributed by atoms with E-state index in [1.165, 1.54) is 11.1 Å². The molecule has 0 aliphatic heterocycles. The van der Waals surface area contributed by atoms with Crippen LogP contribution in [0.1, 0.15) is 51.7 Å². The normalized spacial score (nSPS) is 15.6. The van der Waals surface area contributed by atoms with E-state index in [0.717, 1.165) is 6.54 Å². The second kappa shape index (κ2) is 5.68. The fourth-order valence-electron chi connectivity index (χ4n) is 2.11. The molecule has 0 fully saturated rings. The largest absolute Gasteiger partial charge is 0.319 e. The Bertz CT molecular complexity index is 332. The van der Waals surface area contributed by atoms with Gasteiger partial charge < -0.3 is 5.32 Å². The highest BCUT2D eigenvalue weighted by Gasteiger charge is 2.16. The lowest BCUT2D eigenvalue weighted by atomic mass is 9.83. The average molecular weight is 233 g/mol.